The van der Waals surface area contributed by atoms with Gasteiger partial charge in [0.05, 0.1) is 0 Å². The molecule has 0 aromatic heterocycles. The highest BCUT2D eigenvalue weighted by atomic mass is 16.4. The predicted octanol–water partition coefficient (Wildman–Crippen LogP) is -0.412. The van der Waals surface area contributed by atoms with Crippen LogP contribution in [-0.2, 0) is 9.59 Å². The highest BCUT2D eigenvalue weighted by molar-refractivity contribution is 5.90. The normalized spacial score (nSPS) is 8.53. The van der Waals surface area contributed by atoms with E-state index in [4.69, 9.17) is 26.5 Å². The topological polar surface area (TPSA) is 148 Å². The molecule has 0 aliphatic heterocycles. The van der Waals surface area contributed by atoms with Crippen LogP contribution >= 0.6 is 0 Å². The lowest BCUT2D eigenvalue weighted by Gasteiger charge is -1.81. The van der Waals surface area contributed by atoms with Crippen LogP contribution in [0, 0.1) is 22.7 Å². The molecule has 15 heavy (non-hydrogen) atoms. The number of nitriles is 2. The molecule has 0 rings (SSSR count). The zero-order chi connectivity index (χ0) is 12.4. The Balaban J connectivity index is 0. The molecule has 7 heteroatoms. The standard InChI is InChI=1S/C4H4N2O2.C4H3NO2/c5-1-3(2-6)4(7)8;1-3(2-5)4(6)7/h1H,5H2,(H,7,8);1H2,(H,6,7). The molecule has 0 aromatic carbocycles. The van der Waals surface area contributed by atoms with E-state index in [1.807, 2.05) is 0 Å². The highest BCUT2D eigenvalue weighted by Crippen LogP contribution is 1.85. The fourth-order valence-corrected chi connectivity index (χ4v) is 0.204. The van der Waals surface area contributed by atoms with E-state index in [0.717, 1.165) is 6.20 Å². The summed E-state index contributed by atoms with van der Waals surface area (Å²) in [5, 5.41) is 31.6. The molecule has 7 nitrogen and oxygen atoms in total. The Bertz CT molecular complexity index is 384. The van der Waals surface area contributed by atoms with E-state index in [9.17, 15) is 9.59 Å². The van der Waals surface area contributed by atoms with Gasteiger partial charge in [-0.05, 0) is 0 Å². The van der Waals surface area contributed by atoms with Crippen LogP contribution in [0.3, 0.4) is 0 Å². The van der Waals surface area contributed by atoms with Crippen molar-refractivity contribution in [3.05, 3.63) is 23.9 Å². The van der Waals surface area contributed by atoms with Crippen molar-refractivity contribution in [2.45, 2.75) is 0 Å². The Morgan fingerprint density at radius 2 is 1.67 bits per heavy atom. The number of nitrogens with zero attached hydrogens (tertiary/aromatic N) is 2. The molecular formula is C8H7N3O4. The third-order valence-corrected chi connectivity index (χ3v) is 0.911. The van der Waals surface area contributed by atoms with Crippen LogP contribution in [0.15, 0.2) is 23.9 Å². The van der Waals surface area contributed by atoms with Crippen molar-refractivity contribution in [2.24, 2.45) is 5.73 Å². The molecule has 0 amide bonds. The van der Waals surface area contributed by atoms with E-state index >= 15 is 0 Å². The maximum Gasteiger partial charge on any atom is 0.347 e. The highest BCUT2D eigenvalue weighted by Gasteiger charge is 2.01. The summed E-state index contributed by atoms with van der Waals surface area (Å²) in [5.74, 6) is -2.56. The average molecular weight is 209 g/mol. The van der Waals surface area contributed by atoms with Crippen molar-refractivity contribution >= 4 is 11.9 Å². The number of rotatable bonds is 2. The maximum atomic E-state index is 9.79. The van der Waals surface area contributed by atoms with Crippen molar-refractivity contribution in [1.82, 2.24) is 0 Å². The van der Waals surface area contributed by atoms with E-state index in [1.165, 1.54) is 12.1 Å². The van der Waals surface area contributed by atoms with Crippen LogP contribution in [0.5, 0.6) is 0 Å². The molecule has 0 aliphatic carbocycles. The number of hydrogen-bond acceptors (Lipinski definition) is 5. The van der Waals surface area contributed by atoms with Gasteiger partial charge in [0, 0.05) is 6.20 Å². The molecule has 0 saturated heterocycles. The number of hydrogen-bond donors (Lipinski definition) is 3. The number of carboxylic acids is 2. The first-order valence-electron chi connectivity index (χ1n) is 3.28. The van der Waals surface area contributed by atoms with E-state index in [-0.39, 0.29) is 0 Å². The quantitative estimate of drug-likeness (QED) is 0.413. The second-order valence-corrected chi connectivity index (χ2v) is 1.89. The summed E-state index contributed by atoms with van der Waals surface area (Å²) in [4.78, 5) is 19.4. The molecule has 4 N–H and O–H groups in total. The lowest BCUT2D eigenvalue weighted by molar-refractivity contribution is -0.133. The van der Waals surface area contributed by atoms with E-state index in [0.29, 0.717) is 0 Å². The van der Waals surface area contributed by atoms with Crippen molar-refractivity contribution in [2.75, 3.05) is 0 Å². The Labute approximate surface area is 85.0 Å². The number of nitrogens with two attached hydrogens (primary N) is 1. The van der Waals surface area contributed by atoms with Gasteiger partial charge >= 0.3 is 11.9 Å². The second kappa shape index (κ2) is 7.83. The molecule has 0 atom stereocenters. The van der Waals surface area contributed by atoms with Crippen LogP contribution < -0.4 is 5.73 Å². The minimum atomic E-state index is -1.30. The van der Waals surface area contributed by atoms with Gasteiger partial charge in [-0.15, -0.1) is 0 Å². The molecule has 0 fully saturated rings. The summed E-state index contributed by atoms with van der Waals surface area (Å²) in [5.41, 5.74) is 3.85. The summed E-state index contributed by atoms with van der Waals surface area (Å²) in [7, 11) is 0. The molecule has 78 valence electrons. The zero-order valence-electron chi connectivity index (χ0n) is 7.47. The van der Waals surface area contributed by atoms with Crippen LogP contribution in [0.4, 0.5) is 0 Å². The monoisotopic (exact) mass is 209 g/mol. The minimum absolute atomic E-state index is 0.431. The number of aliphatic carboxylic acids is 2. The van der Waals surface area contributed by atoms with Crippen molar-refractivity contribution in [1.29, 1.82) is 10.5 Å². The average Bonchev–Trinajstić information content (AvgIpc) is 2.18. The van der Waals surface area contributed by atoms with Crippen LogP contribution in [-0.4, -0.2) is 22.2 Å². The van der Waals surface area contributed by atoms with Gasteiger partial charge in [-0.1, -0.05) is 6.58 Å². The first-order chi connectivity index (χ1) is 6.90. The third kappa shape index (κ3) is 7.56. The Morgan fingerprint density at radius 1 is 1.20 bits per heavy atom. The van der Waals surface area contributed by atoms with Gasteiger partial charge in [-0.3, -0.25) is 0 Å². The SMILES string of the molecule is C=C(C#N)C(=O)O.N#CC(=CN)C(=O)O. The van der Waals surface area contributed by atoms with E-state index in [2.05, 4.69) is 6.58 Å². The first kappa shape index (κ1) is 14.7. The summed E-state index contributed by atoms with van der Waals surface area (Å²) >= 11 is 0. The van der Waals surface area contributed by atoms with Gasteiger partial charge in [0.25, 0.3) is 0 Å². The lowest BCUT2D eigenvalue weighted by Crippen LogP contribution is -1.99. The van der Waals surface area contributed by atoms with Gasteiger partial charge in [0.1, 0.15) is 17.7 Å². The molecule has 0 aliphatic rings. The summed E-state index contributed by atoms with van der Waals surface area (Å²) < 4.78 is 0. The molecule has 0 saturated carbocycles. The maximum absolute atomic E-state index is 9.79. The summed E-state index contributed by atoms with van der Waals surface area (Å²) in [6, 6.07) is 2.76. The lowest BCUT2D eigenvalue weighted by atomic mass is 10.3. The Hall–Kier alpha value is -2.80. The molecule has 0 bridgehead atoms. The van der Waals surface area contributed by atoms with Crippen molar-refractivity contribution in [3.63, 3.8) is 0 Å². The molecule has 0 aromatic rings. The second-order valence-electron chi connectivity index (χ2n) is 1.89. The Morgan fingerprint density at radius 3 is 1.67 bits per heavy atom. The fourth-order valence-electron chi connectivity index (χ4n) is 0.204. The summed E-state index contributed by atoms with van der Waals surface area (Å²) in [6.07, 6.45) is 0.752. The first-order valence-corrected chi connectivity index (χ1v) is 3.28. The number of carboxylic acid groups (broad SMARTS) is 2. The Kier molecular flexibility index (Phi) is 7.68. The van der Waals surface area contributed by atoms with Gasteiger partial charge in [-0.25, -0.2) is 9.59 Å². The van der Waals surface area contributed by atoms with Gasteiger partial charge in [0.2, 0.25) is 0 Å². The molecule has 0 spiro atoms. The molecule has 0 radical (unpaired) electrons. The van der Waals surface area contributed by atoms with E-state index in [1.54, 1.807) is 0 Å². The third-order valence-electron chi connectivity index (χ3n) is 0.911. The van der Waals surface area contributed by atoms with Crippen LogP contribution in [0.2, 0.25) is 0 Å². The van der Waals surface area contributed by atoms with Gasteiger partial charge in [0.15, 0.2) is 5.57 Å². The van der Waals surface area contributed by atoms with Crippen LogP contribution in [0.1, 0.15) is 0 Å². The molecule has 0 heterocycles. The molecular weight excluding hydrogens is 202 g/mol. The fraction of sp³-hybridized carbons (Fsp3) is 0. The van der Waals surface area contributed by atoms with Crippen molar-refractivity contribution < 1.29 is 19.8 Å². The van der Waals surface area contributed by atoms with Crippen LogP contribution in [0.25, 0.3) is 0 Å². The number of carbonyl (C=O) groups is 2. The van der Waals surface area contributed by atoms with Gasteiger partial charge in [-0.2, -0.15) is 10.5 Å². The predicted molar refractivity (Wildman–Crippen MR) is 47.9 cm³/mol. The zero-order valence-corrected chi connectivity index (χ0v) is 7.47. The minimum Gasteiger partial charge on any atom is -0.477 e. The van der Waals surface area contributed by atoms with E-state index < -0.39 is 23.1 Å². The summed E-state index contributed by atoms with van der Waals surface area (Å²) in [6.45, 7) is 2.91. The largest absolute Gasteiger partial charge is 0.477 e. The molecule has 0 unspecified atom stereocenters. The smallest absolute Gasteiger partial charge is 0.347 e. The van der Waals surface area contributed by atoms with Crippen molar-refractivity contribution in [3.8, 4) is 12.1 Å². The van der Waals surface area contributed by atoms with Gasteiger partial charge < -0.3 is 15.9 Å².